The second-order valence-electron chi connectivity index (χ2n) is 4.24. The molecule has 0 unspecified atom stereocenters. The van der Waals surface area contributed by atoms with E-state index >= 15 is 0 Å². The molecule has 0 fully saturated rings. The fourth-order valence-electron chi connectivity index (χ4n) is 1.41. The van der Waals surface area contributed by atoms with E-state index in [1.807, 2.05) is 0 Å². The molecule has 0 aliphatic carbocycles. The first-order valence-corrected chi connectivity index (χ1v) is 7.37. The van der Waals surface area contributed by atoms with Gasteiger partial charge in [-0.3, -0.25) is 30.4 Å². The summed E-state index contributed by atoms with van der Waals surface area (Å²) in [6, 6.07) is 3.22. The lowest BCUT2D eigenvalue weighted by Crippen LogP contribution is -2.07. The van der Waals surface area contributed by atoms with Crippen molar-refractivity contribution < 1.29 is 19.4 Å². The number of nitrogens with one attached hydrogen (secondary N) is 1. The van der Waals surface area contributed by atoms with Crippen molar-refractivity contribution in [1.29, 1.82) is 0 Å². The van der Waals surface area contributed by atoms with Crippen molar-refractivity contribution in [2.75, 3.05) is 24.0 Å². The lowest BCUT2D eigenvalue weighted by atomic mass is 10.2. The second-order valence-corrected chi connectivity index (χ2v) is 5.23. The van der Waals surface area contributed by atoms with Gasteiger partial charge >= 0.3 is 11.7 Å². The van der Waals surface area contributed by atoms with E-state index in [4.69, 9.17) is 0 Å². The van der Waals surface area contributed by atoms with Crippen LogP contribution in [0.1, 0.15) is 6.92 Å². The number of thioether (sulfide) groups is 1. The normalized spacial score (nSPS) is 11.0. The zero-order valence-electron chi connectivity index (χ0n) is 12.3. The van der Waals surface area contributed by atoms with Crippen molar-refractivity contribution in [1.82, 2.24) is 0 Å². The van der Waals surface area contributed by atoms with E-state index in [9.17, 15) is 25.0 Å². The number of esters is 1. The van der Waals surface area contributed by atoms with Crippen LogP contribution < -0.4 is 5.43 Å². The Morgan fingerprint density at radius 1 is 1.30 bits per heavy atom. The molecule has 1 aromatic carbocycles. The number of carbonyl (C=O) groups is 1. The van der Waals surface area contributed by atoms with Gasteiger partial charge in [0.25, 0.3) is 5.69 Å². The number of ether oxygens (including phenoxy) is 1. The average Bonchev–Trinajstić information content (AvgIpc) is 2.52. The van der Waals surface area contributed by atoms with E-state index in [2.05, 4.69) is 15.3 Å². The number of methoxy groups -OCH3 is 1. The third-order valence-electron chi connectivity index (χ3n) is 2.51. The Kier molecular flexibility index (Phi) is 6.93. The molecule has 0 amide bonds. The number of anilines is 1. The molecule has 0 saturated heterocycles. The van der Waals surface area contributed by atoms with E-state index in [1.165, 1.54) is 24.9 Å². The summed E-state index contributed by atoms with van der Waals surface area (Å²) >= 11 is 1.28. The first-order valence-electron chi connectivity index (χ1n) is 6.21. The van der Waals surface area contributed by atoms with Gasteiger partial charge in [0.05, 0.1) is 28.8 Å². The predicted octanol–water partition coefficient (Wildman–Crippen LogP) is 2.20. The highest BCUT2D eigenvalue weighted by Crippen LogP contribution is 2.28. The zero-order valence-corrected chi connectivity index (χ0v) is 13.2. The molecule has 0 aromatic heterocycles. The number of nitro groups is 2. The van der Waals surface area contributed by atoms with Crippen LogP contribution in [0.3, 0.4) is 0 Å². The number of hydrogen-bond donors (Lipinski definition) is 1. The number of hydrogen-bond acceptors (Lipinski definition) is 9. The van der Waals surface area contributed by atoms with Crippen molar-refractivity contribution in [2.24, 2.45) is 5.10 Å². The molecule has 0 aliphatic heterocycles. The van der Waals surface area contributed by atoms with Crippen molar-refractivity contribution in [3.63, 3.8) is 0 Å². The topological polar surface area (TPSA) is 137 Å². The van der Waals surface area contributed by atoms with E-state index in [1.54, 1.807) is 6.92 Å². The molecule has 0 atom stereocenters. The molecule has 0 spiro atoms. The molecule has 0 aliphatic rings. The zero-order chi connectivity index (χ0) is 17.4. The molecule has 10 nitrogen and oxygen atoms in total. The van der Waals surface area contributed by atoms with Crippen LogP contribution in [0.5, 0.6) is 0 Å². The SMILES string of the molecule is COC(=O)CSC/C(C)=N/Nc1ccc([N+](=O)[O-])cc1[N+](=O)[O-]. The lowest BCUT2D eigenvalue weighted by molar-refractivity contribution is -0.393. The maximum absolute atomic E-state index is 11.0. The summed E-state index contributed by atoms with van der Waals surface area (Å²) in [6.45, 7) is 1.68. The third-order valence-corrected chi connectivity index (χ3v) is 3.58. The molecule has 23 heavy (non-hydrogen) atoms. The van der Waals surface area contributed by atoms with Gasteiger partial charge in [-0.1, -0.05) is 0 Å². The van der Waals surface area contributed by atoms with Gasteiger partial charge in [-0.05, 0) is 13.0 Å². The number of benzene rings is 1. The quantitative estimate of drug-likeness (QED) is 0.328. The van der Waals surface area contributed by atoms with Crippen LogP contribution in [-0.2, 0) is 9.53 Å². The Morgan fingerprint density at radius 2 is 2.00 bits per heavy atom. The number of carbonyl (C=O) groups excluding carboxylic acids is 1. The van der Waals surface area contributed by atoms with E-state index < -0.39 is 15.5 Å². The van der Waals surface area contributed by atoms with Crippen LogP contribution in [0.25, 0.3) is 0 Å². The van der Waals surface area contributed by atoms with Crippen LogP contribution in [0.2, 0.25) is 0 Å². The average molecular weight is 342 g/mol. The fraction of sp³-hybridized carbons (Fsp3) is 0.333. The highest BCUT2D eigenvalue weighted by Gasteiger charge is 2.19. The summed E-state index contributed by atoms with van der Waals surface area (Å²) in [5, 5.41) is 25.6. The highest BCUT2D eigenvalue weighted by molar-refractivity contribution is 8.00. The summed E-state index contributed by atoms with van der Waals surface area (Å²) in [5.74, 6) is 0.228. The molecule has 0 radical (unpaired) electrons. The molecule has 11 heteroatoms. The Labute approximate surface area is 135 Å². The number of nitrogens with zero attached hydrogens (tertiary/aromatic N) is 3. The van der Waals surface area contributed by atoms with Crippen LogP contribution >= 0.6 is 11.8 Å². The van der Waals surface area contributed by atoms with Crippen LogP contribution in [0.4, 0.5) is 17.1 Å². The molecule has 0 heterocycles. The van der Waals surface area contributed by atoms with Crippen LogP contribution in [0.15, 0.2) is 23.3 Å². The van der Waals surface area contributed by atoms with Gasteiger partial charge in [-0.15, -0.1) is 11.8 Å². The minimum absolute atomic E-state index is 0.0397. The first kappa shape index (κ1) is 18.4. The molecular formula is C12H14N4O6S. The molecule has 0 bridgehead atoms. The van der Waals surface area contributed by atoms with Gasteiger partial charge in [-0.25, -0.2) is 0 Å². The smallest absolute Gasteiger partial charge is 0.315 e. The Balaban J connectivity index is 2.76. The second kappa shape index (κ2) is 8.68. The highest BCUT2D eigenvalue weighted by atomic mass is 32.2. The molecule has 1 N–H and O–H groups in total. The van der Waals surface area contributed by atoms with Gasteiger partial charge in [0.1, 0.15) is 5.69 Å². The van der Waals surface area contributed by atoms with Gasteiger partial charge in [-0.2, -0.15) is 5.10 Å². The molecular weight excluding hydrogens is 328 g/mol. The van der Waals surface area contributed by atoms with Gasteiger partial charge in [0.15, 0.2) is 0 Å². The predicted molar refractivity (Wildman–Crippen MR) is 85.8 cm³/mol. The van der Waals surface area contributed by atoms with E-state index in [0.29, 0.717) is 11.5 Å². The monoisotopic (exact) mass is 342 g/mol. The third kappa shape index (κ3) is 5.90. The van der Waals surface area contributed by atoms with Gasteiger partial charge in [0, 0.05) is 17.5 Å². The molecule has 124 valence electrons. The lowest BCUT2D eigenvalue weighted by Gasteiger charge is -2.04. The number of nitro benzene ring substituents is 2. The van der Waals surface area contributed by atoms with Gasteiger partial charge < -0.3 is 4.74 Å². The largest absolute Gasteiger partial charge is 0.468 e. The van der Waals surface area contributed by atoms with Crippen molar-refractivity contribution >= 4 is 40.5 Å². The Hall–Kier alpha value is -2.69. The number of hydrazone groups is 1. The summed E-state index contributed by atoms with van der Waals surface area (Å²) in [7, 11) is 1.29. The summed E-state index contributed by atoms with van der Waals surface area (Å²) < 4.78 is 4.49. The molecule has 1 aromatic rings. The van der Waals surface area contributed by atoms with Crippen molar-refractivity contribution in [3.05, 3.63) is 38.4 Å². The van der Waals surface area contributed by atoms with E-state index in [-0.39, 0.29) is 23.1 Å². The minimum atomic E-state index is -0.730. The van der Waals surface area contributed by atoms with Crippen LogP contribution in [-0.4, -0.2) is 40.1 Å². The maximum Gasteiger partial charge on any atom is 0.315 e. The minimum Gasteiger partial charge on any atom is -0.468 e. The standard InChI is InChI=1S/C12H14N4O6S/c1-8(6-23-7-12(17)22-2)13-14-10-4-3-9(15(18)19)5-11(10)16(20)21/h3-5,14H,6-7H2,1-2H3/b13-8+. The Bertz CT molecular complexity index is 648. The summed E-state index contributed by atoms with van der Waals surface area (Å²) in [4.78, 5) is 31.1. The van der Waals surface area contributed by atoms with Crippen LogP contribution in [0, 0.1) is 20.2 Å². The molecule has 0 saturated carbocycles. The van der Waals surface area contributed by atoms with Crippen molar-refractivity contribution in [2.45, 2.75) is 6.92 Å². The van der Waals surface area contributed by atoms with Crippen molar-refractivity contribution in [3.8, 4) is 0 Å². The number of non-ortho nitro benzene ring substituents is 1. The maximum atomic E-state index is 11.0. The van der Waals surface area contributed by atoms with E-state index in [0.717, 1.165) is 12.1 Å². The first-order chi connectivity index (χ1) is 10.8. The van der Waals surface area contributed by atoms with Gasteiger partial charge in [0.2, 0.25) is 0 Å². The summed E-state index contributed by atoms with van der Waals surface area (Å²) in [5.41, 5.74) is 2.31. The molecule has 1 rings (SSSR count). The number of rotatable bonds is 8. The summed E-state index contributed by atoms with van der Waals surface area (Å²) in [6.07, 6.45) is 0. The fourth-order valence-corrected chi connectivity index (χ4v) is 2.15. The Morgan fingerprint density at radius 3 is 2.57 bits per heavy atom.